The SMILES string of the molecule is CCOC(=O)[C@@]1(C(C)C)CCNC1. The van der Waals surface area contributed by atoms with Gasteiger partial charge >= 0.3 is 5.97 Å². The average molecular weight is 185 g/mol. The summed E-state index contributed by atoms with van der Waals surface area (Å²) < 4.78 is 5.11. The third-order valence-corrected chi connectivity index (χ3v) is 2.98. The van der Waals surface area contributed by atoms with E-state index in [1.807, 2.05) is 6.92 Å². The van der Waals surface area contributed by atoms with Gasteiger partial charge in [-0.15, -0.1) is 0 Å². The van der Waals surface area contributed by atoms with Crippen LogP contribution in [0.2, 0.25) is 0 Å². The standard InChI is InChI=1S/C10H19NO2/c1-4-13-9(12)10(8(2)3)5-6-11-7-10/h8,11H,4-7H2,1-3H3/t10-/m0/s1. The van der Waals surface area contributed by atoms with Gasteiger partial charge in [0.05, 0.1) is 12.0 Å². The maximum absolute atomic E-state index is 11.7. The lowest BCUT2D eigenvalue weighted by Crippen LogP contribution is -2.39. The number of hydrogen-bond acceptors (Lipinski definition) is 3. The highest BCUT2D eigenvalue weighted by Crippen LogP contribution is 2.35. The number of nitrogens with one attached hydrogen (secondary N) is 1. The van der Waals surface area contributed by atoms with Crippen LogP contribution in [0.5, 0.6) is 0 Å². The van der Waals surface area contributed by atoms with Crippen molar-refractivity contribution in [2.24, 2.45) is 11.3 Å². The molecule has 0 aromatic heterocycles. The lowest BCUT2D eigenvalue weighted by molar-refractivity contribution is -0.157. The molecule has 0 radical (unpaired) electrons. The fourth-order valence-electron chi connectivity index (χ4n) is 1.89. The highest BCUT2D eigenvalue weighted by Gasteiger charge is 2.45. The molecule has 0 amide bonds. The van der Waals surface area contributed by atoms with Gasteiger partial charge in [0, 0.05) is 6.54 Å². The molecule has 0 unspecified atom stereocenters. The summed E-state index contributed by atoms with van der Waals surface area (Å²) >= 11 is 0. The van der Waals surface area contributed by atoms with E-state index in [4.69, 9.17) is 4.74 Å². The van der Waals surface area contributed by atoms with Gasteiger partial charge in [0.15, 0.2) is 0 Å². The molecule has 3 heteroatoms. The van der Waals surface area contributed by atoms with Crippen molar-refractivity contribution in [3.8, 4) is 0 Å². The Morgan fingerprint density at radius 1 is 1.62 bits per heavy atom. The van der Waals surface area contributed by atoms with Crippen molar-refractivity contribution >= 4 is 5.97 Å². The van der Waals surface area contributed by atoms with Gasteiger partial charge in [-0.3, -0.25) is 4.79 Å². The molecule has 1 atom stereocenters. The van der Waals surface area contributed by atoms with Crippen molar-refractivity contribution in [3.63, 3.8) is 0 Å². The number of ether oxygens (including phenoxy) is 1. The van der Waals surface area contributed by atoms with Crippen LogP contribution in [-0.2, 0) is 9.53 Å². The van der Waals surface area contributed by atoms with E-state index in [0.717, 1.165) is 19.5 Å². The van der Waals surface area contributed by atoms with Gasteiger partial charge in [0.2, 0.25) is 0 Å². The van der Waals surface area contributed by atoms with Crippen LogP contribution >= 0.6 is 0 Å². The van der Waals surface area contributed by atoms with Crippen LogP contribution < -0.4 is 5.32 Å². The molecule has 0 aliphatic carbocycles. The second-order valence-corrected chi connectivity index (χ2v) is 3.96. The van der Waals surface area contributed by atoms with Gasteiger partial charge in [0.1, 0.15) is 0 Å². The minimum atomic E-state index is -0.268. The third kappa shape index (κ3) is 1.85. The molecule has 1 rings (SSSR count). The van der Waals surface area contributed by atoms with Crippen LogP contribution in [0.3, 0.4) is 0 Å². The summed E-state index contributed by atoms with van der Waals surface area (Å²) in [6.07, 6.45) is 0.906. The monoisotopic (exact) mass is 185 g/mol. The molecule has 1 aliphatic heterocycles. The Morgan fingerprint density at radius 2 is 2.31 bits per heavy atom. The molecular weight excluding hydrogens is 166 g/mol. The van der Waals surface area contributed by atoms with Crippen molar-refractivity contribution in [2.45, 2.75) is 27.2 Å². The summed E-state index contributed by atoms with van der Waals surface area (Å²) in [5.74, 6) is 0.316. The summed E-state index contributed by atoms with van der Waals surface area (Å²) in [7, 11) is 0. The molecule has 1 saturated heterocycles. The van der Waals surface area contributed by atoms with Crippen molar-refractivity contribution in [1.82, 2.24) is 5.32 Å². The smallest absolute Gasteiger partial charge is 0.313 e. The minimum absolute atomic E-state index is 0.0324. The van der Waals surface area contributed by atoms with Crippen LogP contribution in [0.25, 0.3) is 0 Å². The maximum Gasteiger partial charge on any atom is 0.313 e. The van der Waals surface area contributed by atoms with Gasteiger partial charge in [-0.25, -0.2) is 0 Å². The largest absolute Gasteiger partial charge is 0.466 e. The Balaban J connectivity index is 2.72. The zero-order valence-corrected chi connectivity index (χ0v) is 8.72. The third-order valence-electron chi connectivity index (χ3n) is 2.98. The number of hydrogen-bond donors (Lipinski definition) is 1. The summed E-state index contributed by atoms with van der Waals surface area (Å²) in [4.78, 5) is 11.7. The Bertz CT molecular complexity index is 183. The van der Waals surface area contributed by atoms with Gasteiger partial charge in [0.25, 0.3) is 0 Å². The fourth-order valence-corrected chi connectivity index (χ4v) is 1.89. The first kappa shape index (κ1) is 10.5. The lowest BCUT2D eigenvalue weighted by Gasteiger charge is -2.29. The first-order valence-corrected chi connectivity index (χ1v) is 5.01. The van der Waals surface area contributed by atoms with E-state index >= 15 is 0 Å². The quantitative estimate of drug-likeness (QED) is 0.671. The van der Waals surface area contributed by atoms with Crippen molar-refractivity contribution in [3.05, 3.63) is 0 Å². The van der Waals surface area contributed by atoms with E-state index in [0.29, 0.717) is 12.5 Å². The molecule has 1 aliphatic rings. The second kappa shape index (κ2) is 4.09. The number of carbonyl (C=O) groups is 1. The molecule has 13 heavy (non-hydrogen) atoms. The van der Waals surface area contributed by atoms with Gasteiger partial charge in [-0.1, -0.05) is 13.8 Å². The van der Waals surface area contributed by atoms with Gasteiger partial charge in [-0.05, 0) is 25.8 Å². The predicted molar refractivity (Wildman–Crippen MR) is 51.4 cm³/mol. The first-order valence-electron chi connectivity index (χ1n) is 5.01. The van der Waals surface area contributed by atoms with E-state index < -0.39 is 0 Å². The lowest BCUT2D eigenvalue weighted by atomic mass is 9.76. The molecule has 0 saturated carbocycles. The average Bonchev–Trinajstić information content (AvgIpc) is 2.53. The molecule has 3 nitrogen and oxygen atoms in total. The van der Waals surface area contributed by atoms with Crippen molar-refractivity contribution in [1.29, 1.82) is 0 Å². The zero-order valence-electron chi connectivity index (χ0n) is 8.72. The second-order valence-electron chi connectivity index (χ2n) is 3.96. The van der Waals surface area contributed by atoms with Crippen LogP contribution in [0.15, 0.2) is 0 Å². The van der Waals surface area contributed by atoms with Crippen LogP contribution in [0.4, 0.5) is 0 Å². The molecule has 1 heterocycles. The fraction of sp³-hybridized carbons (Fsp3) is 0.900. The Hall–Kier alpha value is -0.570. The molecule has 0 aromatic carbocycles. The summed E-state index contributed by atoms with van der Waals surface area (Å²) in [5.41, 5.74) is -0.268. The molecule has 76 valence electrons. The number of rotatable bonds is 3. The molecule has 0 spiro atoms. The number of esters is 1. The van der Waals surface area contributed by atoms with E-state index in [-0.39, 0.29) is 11.4 Å². The summed E-state index contributed by atoms with van der Waals surface area (Å²) in [6, 6.07) is 0. The van der Waals surface area contributed by atoms with Crippen LogP contribution in [0, 0.1) is 11.3 Å². The molecule has 1 fully saturated rings. The first-order chi connectivity index (χ1) is 6.13. The van der Waals surface area contributed by atoms with Crippen molar-refractivity contribution in [2.75, 3.05) is 19.7 Å². The van der Waals surface area contributed by atoms with Gasteiger partial charge < -0.3 is 10.1 Å². The predicted octanol–water partition coefficient (Wildman–Crippen LogP) is 1.19. The van der Waals surface area contributed by atoms with E-state index in [1.165, 1.54) is 0 Å². The van der Waals surface area contributed by atoms with Crippen molar-refractivity contribution < 1.29 is 9.53 Å². The van der Waals surface area contributed by atoms with E-state index in [2.05, 4.69) is 19.2 Å². The molecule has 0 bridgehead atoms. The molecule has 1 N–H and O–H groups in total. The highest BCUT2D eigenvalue weighted by atomic mass is 16.5. The number of carbonyl (C=O) groups excluding carboxylic acids is 1. The normalized spacial score (nSPS) is 28.0. The summed E-state index contributed by atoms with van der Waals surface area (Å²) in [5, 5.41) is 3.23. The molecular formula is C10H19NO2. The molecule has 0 aromatic rings. The highest BCUT2D eigenvalue weighted by molar-refractivity contribution is 5.78. The van der Waals surface area contributed by atoms with Crippen LogP contribution in [-0.4, -0.2) is 25.7 Å². The van der Waals surface area contributed by atoms with E-state index in [1.54, 1.807) is 0 Å². The topological polar surface area (TPSA) is 38.3 Å². The van der Waals surface area contributed by atoms with Crippen LogP contribution in [0.1, 0.15) is 27.2 Å². The Labute approximate surface area is 79.8 Å². The van der Waals surface area contributed by atoms with E-state index in [9.17, 15) is 4.79 Å². The zero-order chi connectivity index (χ0) is 9.90. The maximum atomic E-state index is 11.7. The van der Waals surface area contributed by atoms with Gasteiger partial charge in [-0.2, -0.15) is 0 Å². The Morgan fingerprint density at radius 3 is 2.69 bits per heavy atom. The summed E-state index contributed by atoms with van der Waals surface area (Å²) in [6.45, 7) is 8.20. The minimum Gasteiger partial charge on any atom is -0.466 e. The Kier molecular flexibility index (Phi) is 3.31.